The summed E-state index contributed by atoms with van der Waals surface area (Å²) < 4.78 is 2.09. The molecule has 0 saturated carbocycles. The first-order valence-electron chi connectivity index (χ1n) is 7.14. The number of nitrogens with zero attached hydrogens (tertiary/aromatic N) is 2. The van der Waals surface area contributed by atoms with Crippen LogP contribution in [0.2, 0.25) is 0 Å². The van der Waals surface area contributed by atoms with Crippen LogP contribution in [0.3, 0.4) is 0 Å². The highest BCUT2D eigenvalue weighted by Crippen LogP contribution is 2.32. The molecule has 19 heavy (non-hydrogen) atoms. The molecule has 0 fully saturated rings. The van der Waals surface area contributed by atoms with E-state index < -0.39 is 0 Å². The van der Waals surface area contributed by atoms with Gasteiger partial charge in [0, 0.05) is 17.8 Å². The molecular weight excluding hydrogens is 256 g/mol. The lowest BCUT2D eigenvalue weighted by atomic mass is 9.82. The second kappa shape index (κ2) is 5.96. The molecule has 0 aliphatic heterocycles. The van der Waals surface area contributed by atoms with Gasteiger partial charge >= 0.3 is 0 Å². The Morgan fingerprint density at radius 3 is 2.63 bits per heavy atom. The zero-order chi connectivity index (χ0) is 13.9. The number of hydrogen-bond acceptors (Lipinski definition) is 1. The van der Waals surface area contributed by atoms with Crippen LogP contribution in [-0.4, -0.2) is 15.7 Å². The number of benzene rings is 1. The molecule has 0 aliphatic rings. The Labute approximate surface area is 120 Å². The van der Waals surface area contributed by atoms with Crippen molar-refractivity contribution in [3.8, 4) is 0 Å². The quantitative estimate of drug-likeness (QED) is 0.704. The molecule has 0 radical (unpaired) electrons. The number of hydrogen-bond donors (Lipinski definition) is 0. The summed E-state index contributed by atoms with van der Waals surface area (Å²) in [4.78, 5) is 0. The third kappa shape index (κ3) is 2.94. The van der Waals surface area contributed by atoms with Crippen LogP contribution in [0, 0.1) is 5.41 Å². The molecular formula is C16H23ClN2. The first-order valence-corrected chi connectivity index (χ1v) is 7.67. The fourth-order valence-corrected chi connectivity index (χ4v) is 3.01. The normalized spacial score (nSPS) is 14.7. The lowest BCUT2D eigenvalue weighted by Crippen LogP contribution is -2.22. The molecule has 1 atom stereocenters. The maximum Gasteiger partial charge on any atom is 0.0709 e. The number of aromatic nitrogens is 2. The van der Waals surface area contributed by atoms with Gasteiger partial charge in [0.05, 0.1) is 11.2 Å². The molecule has 0 saturated heterocycles. The van der Waals surface area contributed by atoms with Gasteiger partial charge in [-0.15, -0.1) is 11.6 Å². The van der Waals surface area contributed by atoms with Gasteiger partial charge in [0.15, 0.2) is 0 Å². The van der Waals surface area contributed by atoms with E-state index in [-0.39, 0.29) is 5.41 Å². The Kier molecular flexibility index (Phi) is 4.51. The van der Waals surface area contributed by atoms with Crippen LogP contribution in [0.15, 0.2) is 24.3 Å². The smallest absolute Gasteiger partial charge is 0.0709 e. The summed E-state index contributed by atoms with van der Waals surface area (Å²) in [5.41, 5.74) is 2.56. The van der Waals surface area contributed by atoms with E-state index in [1.54, 1.807) is 0 Å². The molecule has 1 unspecified atom stereocenters. The summed E-state index contributed by atoms with van der Waals surface area (Å²) in [5.74, 6) is 0.689. The lowest BCUT2D eigenvalue weighted by Gasteiger charge is -2.25. The fourth-order valence-electron chi connectivity index (χ4n) is 2.78. The van der Waals surface area contributed by atoms with Crippen molar-refractivity contribution >= 4 is 22.5 Å². The molecule has 3 heteroatoms. The van der Waals surface area contributed by atoms with Crippen LogP contribution < -0.4 is 0 Å². The van der Waals surface area contributed by atoms with Crippen molar-refractivity contribution in [3.05, 3.63) is 30.0 Å². The van der Waals surface area contributed by atoms with Crippen molar-refractivity contribution in [2.45, 2.75) is 46.6 Å². The highest BCUT2D eigenvalue weighted by molar-refractivity contribution is 6.18. The molecule has 1 aromatic carbocycles. The standard InChI is InChI=1S/C16H23ClN2/c1-4-10-16(3,12-17)11-14-13-8-6-7-9-15(13)19(5-2)18-14/h6-9H,4-5,10-12H2,1-3H3. The van der Waals surface area contributed by atoms with E-state index >= 15 is 0 Å². The Morgan fingerprint density at radius 1 is 1.26 bits per heavy atom. The van der Waals surface area contributed by atoms with Crippen molar-refractivity contribution in [1.82, 2.24) is 9.78 Å². The zero-order valence-electron chi connectivity index (χ0n) is 12.1. The molecule has 2 rings (SSSR count). The Hall–Kier alpha value is -1.02. The highest BCUT2D eigenvalue weighted by Gasteiger charge is 2.25. The van der Waals surface area contributed by atoms with E-state index in [0.717, 1.165) is 25.8 Å². The molecule has 1 aromatic heterocycles. The summed E-state index contributed by atoms with van der Waals surface area (Å²) in [5, 5.41) is 6.06. The van der Waals surface area contributed by atoms with Crippen LogP contribution in [0.5, 0.6) is 0 Å². The van der Waals surface area contributed by atoms with Gasteiger partial charge in [-0.3, -0.25) is 4.68 Å². The minimum atomic E-state index is 0.145. The largest absolute Gasteiger partial charge is 0.265 e. The van der Waals surface area contributed by atoms with Gasteiger partial charge in [-0.25, -0.2) is 0 Å². The van der Waals surface area contributed by atoms with E-state index in [0.29, 0.717) is 5.88 Å². The van der Waals surface area contributed by atoms with Gasteiger partial charge in [-0.05, 0) is 31.2 Å². The molecule has 2 nitrogen and oxygen atoms in total. The van der Waals surface area contributed by atoms with E-state index in [4.69, 9.17) is 16.7 Å². The minimum Gasteiger partial charge on any atom is -0.265 e. The maximum absolute atomic E-state index is 6.19. The second-order valence-electron chi connectivity index (χ2n) is 5.65. The number of para-hydroxylation sites is 1. The molecule has 0 N–H and O–H groups in total. The molecule has 0 amide bonds. The topological polar surface area (TPSA) is 17.8 Å². The van der Waals surface area contributed by atoms with Gasteiger partial charge in [0.25, 0.3) is 0 Å². The average Bonchev–Trinajstić information content (AvgIpc) is 2.77. The first kappa shape index (κ1) is 14.4. The molecule has 0 spiro atoms. The van der Waals surface area contributed by atoms with E-state index in [1.807, 2.05) is 0 Å². The second-order valence-corrected chi connectivity index (χ2v) is 5.92. The van der Waals surface area contributed by atoms with Crippen LogP contribution >= 0.6 is 11.6 Å². The zero-order valence-corrected chi connectivity index (χ0v) is 12.9. The third-order valence-corrected chi connectivity index (χ3v) is 4.45. The minimum absolute atomic E-state index is 0.145. The van der Waals surface area contributed by atoms with Crippen molar-refractivity contribution < 1.29 is 0 Å². The van der Waals surface area contributed by atoms with Gasteiger partial charge in [0.2, 0.25) is 0 Å². The Bertz CT molecular complexity index is 547. The molecule has 1 heterocycles. The summed E-state index contributed by atoms with van der Waals surface area (Å²) in [6, 6.07) is 8.48. The molecule has 0 bridgehead atoms. The van der Waals surface area contributed by atoms with Gasteiger partial charge in [-0.1, -0.05) is 38.5 Å². The van der Waals surface area contributed by atoms with E-state index in [1.165, 1.54) is 16.6 Å². The van der Waals surface area contributed by atoms with E-state index in [9.17, 15) is 0 Å². The van der Waals surface area contributed by atoms with Crippen LogP contribution in [0.4, 0.5) is 0 Å². The Balaban J connectivity index is 2.40. The fraction of sp³-hybridized carbons (Fsp3) is 0.562. The van der Waals surface area contributed by atoms with Crippen molar-refractivity contribution in [2.75, 3.05) is 5.88 Å². The predicted molar refractivity (Wildman–Crippen MR) is 82.8 cm³/mol. The number of aryl methyl sites for hydroxylation is 1. The number of rotatable bonds is 6. The number of halogens is 1. The highest BCUT2D eigenvalue weighted by atomic mass is 35.5. The summed E-state index contributed by atoms with van der Waals surface area (Å²) >= 11 is 6.19. The number of fused-ring (bicyclic) bond motifs is 1. The first-order chi connectivity index (χ1) is 9.13. The maximum atomic E-state index is 6.19. The Morgan fingerprint density at radius 2 is 2.00 bits per heavy atom. The SMILES string of the molecule is CCCC(C)(CCl)Cc1nn(CC)c2ccccc12. The summed E-state index contributed by atoms with van der Waals surface area (Å²) in [7, 11) is 0. The summed E-state index contributed by atoms with van der Waals surface area (Å²) in [6.45, 7) is 7.53. The van der Waals surface area contributed by atoms with Crippen molar-refractivity contribution in [3.63, 3.8) is 0 Å². The van der Waals surface area contributed by atoms with Crippen LogP contribution in [0.25, 0.3) is 10.9 Å². The third-order valence-electron chi connectivity index (χ3n) is 3.80. The van der Waals surface area contributed by atoms with Crippen molar-refractivity contribution in [1.29, 1.82) is 0 Å². The van der Waals surface area contributed by atoms with Gasteiger partial charge < -0.3 is 0 Å². The van der Waals surface area contributed by atoms with Crippen LogP contribution in [0.1, 0.15) is 39.3 Å². The number of alkyl halides is 1. The molecule has 104 valence electrons. The van der Waals surface area contributed by atoms with E-state index in [2.05, 4.69) is 49.7 Å². The predicted octanol–water partition coefficient (Wildman–Crippen LogP) is 4.64. The molecule has 0 aliphatic carbocycles. The molecule has 2 aromatic rings. The monoisotopic (exact) mass is 278 g/mol. The van der Waals surface area contributed by atoms with Crippen LogP contribution in [-0.2, 0) is 13.0 Å². The van der Waals surface area contributed by atoms with Gasteiger partial charge in [-0.2, -0.15) is 5.10 Å². The lowest BCUT2D eigenvalue weighted by molar-refractivity contribution is 0.331. The van der Waals surface area contributed by atoms with Crippen molar-refractivity contribution in [2.24, 2.45) is 5.41 Å². The average molecular weight is 279 g/mol. The summed E-state index contributed by atoms with van der Waals surface area (Å²) in [6.07, 6.45) is 3.26. The van der Waals surface area contributed by atoms with Gasteiger partial charge in [0.1, 0.15) is 0 Å².